The molecule has 3 N–H and O–H groups in total. The molecule has 7 heteroatoms. The first-order chi connectivity index (χ1) is 19.4. The Balaban J connectivity index is 1.77. The van der Waals surface area contributed by atoms with Crippen molar-refractivity contribution in [2.45, 2.75) is 52.0 Å². The first-order valence-electron chi connectivity index (χ1n) is 14.0. The summed E-state index contributed by atoms with van der Waals surface area (Å²) in [6, 6.07) is 11.9. The standard InChI is InChI=1S/C34H39F2N3O2/c1-7-23-16-24(8-11-27(36)17-23)31(40)38-28-14-15-29(21(2)3)30(18-28)34(20-41-19-22(34)4)39-32(37)33(5,6)25-9-12-26(35)13-10-25/h8-18,22-23H,2,7,19-20H2,1,3-6H3,(H2,37,39)(H,38,40). The second-order valence-electron chi connectivity index (χ2n) is 11.5. The van der Waals surface area contributed by atoms with Crippen LogP contribution in [0.2, 0.25) is 0 Å². The van der Waals surface area contributed by atoms with Gasteiger partial charge in [0.15, 0.2) is 0 Å². The average Bonchev–Trinajstić information content (AvgIpc) is 3.18. The van der Waals surface area contributed by atoms with Crippen molar-refractivity contribution in [1.29, 1.82) is 0 Å². The van der Waals surface area contributed by atoms with Gasteiger partial charge < -0.3 is 15.8 Å². The summed E-state index contributed by atoms with van der Waals surface area (Å²) in [5.74, 6) is -0.838. The van der Waals surface area contributed by atoms with E-state index in [4.69, 9.17) is 15.5 Å². The fourth-order valence-electron chi connectivity index (χ4n) is 5.29. The third kappa shape index (κ3) is 6.25. The van der Waals surface area contributed by atoms with E-state index in [1.807, 2.05) is 45.9 Å². The molecule has 1 amide bonds. The van der Waals surface area contributed by atoms with E-state index < -0.39 is 11.0 Å². The highest BCUT2D eigenvalue weighted by molar-refractivity contribution is 6.06. The third-order valence-electron chi connectivity index (χ3n) is 8.16. The van der Waals surface area contributed by atoms with Crippen molar-refractivity contribution in [2.75, 3.05) is 18.5 Å². The van der Waals surface area contributed by atoms with E-state index in [0.29, 0.717) is 36.7 Å². The Morgan fingerprint density at radius 1 is 1.17 bits per heavy atom. The lowest BCUT2D eigenvalue weighted by Gasteiger charge is -2.34. The summed E-state index contributed by atoms with van der Waals surface area (Å²) in [4.78, 5) is 18.5. The molecule has 1 fully saturated rings. The predicted molar refractivity (Wildman–Crippen MR) is 163 cm³/mol. The van der Waals surface area contributed by atoms with Crippen LogP contribution in [0.3, 0.4) is 0 Å². The van der Waals surface area contributed by atoms with E-state index in [1.54, 1.807) is 18.2 Å². The minimum atomic E-state index is -0.849. The molecule has 0 radical (unpaired) electrons. The number of anilines is 1. The molecular weight excluding hydrogens is 520 g/mol. The molecule has 0 spiro atoms. The van der Waals surface area contributed by atoms with Crippen LogP contribution < -0.4 is 11.1 Å². The van der Waals surface area contributed by atoms with Gasteiger partial charge in [-0.2, -0.15) is 0 Å². The van der Waals surface area contributed by atoms with Gasteiger partial charge in [0.25, 0.3) is 5.91 Å². The molecule has 1 aliphatic carbocycles. The van der Waals surface area contributed by atoms with Gasteiger partial charge in [0.2, 0.25) is 0 Å². The summed E-state index contributed by atoms with van der Waals surface area (Å²) in [6.45, 7) is 14.8. The van der Waals surface area contributed by atoms with Crippen molar-refractivity contribution in [3.05, 3.63) is 107 Å². The number of aliphatic imine (C=N–C) groups is 1. The fraction of sp³-hybridized carbons (Fsp3) is 0.353. The molecule has 2 aromatic rings. The molecule has 0 saturated carbocycles. The number of amidine groups is 1. The second kappa shape index (κ2) is 12.0. The molecule has 2 aromatic carbocycles. The van der Waals surface area contributed by atoms with E-state index >= 15 is 0 Å². The van der Waals surface area contributed by atoms with Crippen molar-refractivity contribution in [3.63, 3.8) is 0 Å². The van der Waals surface area contributed by atoms with Gasteiger partial charge in [-0.3, -0.25) is 9.79 Å². The Labute approximate surface area is 241 Å². The first kappa shape index (κ1) is 30.1. The van der Waals surface area contributed by atoms with Crippen molar-refractivity contribution in [1.82, 2.24) is 0 Å². The SMILES string of the molecule is C=C(C)c1ccc(NC(=O)C2=CC(CC)C=C(F)C=C2)cc1C1(N=C(N)C(C)(C)c2ccc(F)cc2)COCC1C. The molecular formula is C34H39F2N3O2. The monoisotopic (exact) mass is 559 g/mol. The van der Waals surface area contributed by atoms with Crippen LogP contribution in [0.5, 0.6) is 0 Å². The van der Waals surface area contributed by atoms with Gasteiger partial charge in [-0.15, -0.1) is 0 Å². The van der Waals surface area contributed by atoms with E-state index in [9.17, 15) is 13.6 Å². The number of allylic oxidation sites excluding steroid dienone is 5. The van der Waals surface area contributed by atoms with Crippen molar-refractivity contribution >= 4 is 23.0 Å². The number of hydrogen-bond acceptors (Lipinski definition) is 3. The maximum absolute atomic E-state index is 14.0. The zero-order chi connectivity index (χ0) is 29.9. The van der Waals surface area contributed by atoms with Gasteiger partial charge in [0.1, 0.15) is 23.0 Å². The lowest BCUT2D eigenvalue weighted by Crippen LogP contribution is -2.41. The molecule has 1 aliphatic heterocycles. The number of amides is 1. The van der Waals surface area contributed by atoms with Gasteiger partial charge in [-0.25, -0.2) is 8.78 Å². The van der Waals surface area contributed by atoms with E-state index in [0.717, 1.165) is 22.3 Å². The Bertz CT molecular complexity index is 1450. The second-order valence-corrected chi connectivity index (χ2v) is 11.5. The van der Waals surface area contributed by atoms with Crippen LogP contribution in [0.15, 0.2) is 89.7 Å². The Kier molecular flexibility index (Phi) is 8.78. The molecule has 4 rings (SSSR count). The fourth-order valence-corrected chi connectivity index (χ4v) is 5.29. The minimum absolute atomic E-state index is 0.0408. The maximum atomic E-state index is 14.0. The third-order valence-corrected chi connectivity index (χ3v) is 8.16. The smallest absolute Gasteiger partial charge is 0.255 e. The lowest BCUT2D eigenvalue weighted by atomic mass is 9.77. The number of nitrogens with two attached hydrogens (primary N) is 1. The summed E-state index contributed by atoms with van der Waals surface area (Å²) in [7, 11) is 0. The van der Waals surface area contributed by atoms with Gasteiger partial charge >= 0.3 is 0 Å². The van der Waals surface area contributed by atoms with Gasteiger partial charge in [0, 0.05) is 22.6 Å². The van der Waals surface area contributed by atoms with Crippen LogP contribution in [0.25, 0.3) is 5.57 Å². The molecule has 3 unspecified atom stereocenters. The average molecular weight is 560 g/mol. The zero-order valence-electron chi connectivity index (χ0n) is 24.4. The van der Waals surface area contributed by atoms with Crippen LogP contribution in [0, 0.1) is 17.7 Å². The van der Waals surface area contributed by atoms with E-state index in [2.05, 4.69) is 18.8 Å². The summed E-state index contributed by atoms with van der Waals surface area (Å²) >= 11 is 0. The molecule has 0 bridgehead atoms. The summed E-state index contributed by atoms with van der Waals surface area (Å²) in [5, 5.41) is 2.99. The predicted octanol–water partition coefficient (Wildman–Crippen LogP) is 7.37. The van der Waals surface area contributed by atoms with Crippen LogP contribution in [-0.4, -0.2) is 25.0 Å². The van der Waals surface area contributed by atoms with Crippen molar-refractivity contribution in [3.8, 4) is 0 Å². The number of carbonyl (C=O) groups is 1. The van der Waals surface area contributed by atoms with Gasteiger partial charge in [-0.05, 0) is 92.3 Å². The van der Waals surface area contributed by atoms with Crippen LogP contribution in [-0.2, 0) is 20.5 Å². The van der Waals surface area contributed by atoms with Crippen LogP contribution >= 0.6 is 0 Å². The van der Waals surface area contributed by atoms with Crippen molar-refractivity contribution in [2.24, 2.45) is 22.6 Å². The lowest BCUT2D eigenvalue weighted by molar-refractivity contribution is -0.112. The highest BCUT2D eigenvalue weighted by atomic mass is 19.1. The normalized spacial score (nSPS) is 23.0. The molecule has 41 heavy (non-hydrogen) atoms. The van der Waals surface area contributed by atoms with E-state index in [1.165, 1.54) is 30.4 Å². The largest absolute Gasteiger partial charge is 0.387 e. The van der Waals surface area contributed by atoms with Gasteiger partial charge in [-0.1, -0.05) is 50.3 Å². The molecule has 0 aromatic heterocycles. The number of benzene rings is 2. The Morgan fingerprint density at radius 3 is 2.49 bits per heavy atom. The van der Waals surface area contributed by atoms with E-state index in [-0.39, 0.29) is 29.4 Å². The molecule has 1 saturated heterocycles. The van der Waals surface area contributed by atoms with Crippen molar-refractivity contribution < 1.29 is 18.3 Å². The number of ether oxygens (including phenoxy) is 1. The number of carbonyl (C=O) groups excluding carboxylic acids is 1. The first-order valence-corrected chi connectivity index (χ1v) is 14.0. The van der Waals surface area contributed by atoms with Crippen LogP contribution in [0.1, 0.15) is 57.7 Å². The number of nitrogens with zero attached hydrogens (tertiary/aromatic N) is 1. The summed E-state index contributed by atoms with van der Waals surface area (Å²) in [6.07, 6.45) is 6.77. The summed E-state index contributed by atoms with van der Waals surface area (Å²) < 4.78 is 33.6. The number of rotatable bonds is 8. The topological polar surface area (TPSA) is 76.7 Å². The highest BCUT2D eigenvalue weighted by Crippen LogP contribution is 2.44. The maximum Gasteiger partial charge on any atom is 0.255 e. The van der Waals surface area contributed by atoms with Gasteiger partial charge in [0.05, 0.1) is 13.2 Å². The molecule has 2 aliphatic rings. The number of nitrogens with one attached hydrogen (secondary N) is 1. The minimum Gasteiger partial charge on any atom is -0.387 e. The molecule has 3 atom stereocenters. The zero-order valence-corrected chi connectivity index (χ0v) is 24.4. The molecule has 5 nitrogen and oxygen atoms in total. The molecule has 216 valence electrons. The number of hydrogen-bond donors (Lipinski definition) is 2. The highest BCUT2D eigenvalue weighted by Gasteiger charge is 2.46. The number of halogens is 2. The Hall–Kier alpha value is -3.84. The van der Waals surface area contributed by atoms with Crippen LogP contribution in [0.4, 0.5) is 14.5 Å². The summed E-state index contributed by atoms with van der Waals surface area (Å²) in [5.41, 5.74) is 9.57. The Morgan fingerprint density at radius 2 is 1.88 bits per heavy atom. The molecule has 1 heterocycles. The quantitative estimate of drug-likeness (QED) is 0.262.